The van der Waals surface area contributed by atoms with Crippen LogP contribution in [0.3, 0.4) is 0 Å². The van der Waals surface area contributed by atoms with Crippen molar-refractivity contribution in [1.29, 1.82) is 0 Å². The average molecular weight is 369 g/mol. The molecule has 0 amide bonds. The lowest BCUT2D eigenvalue weighted by Gasteiger charge is -2.21. The van der Waals surface area contributed by atoms with Crippen LogP contribution in [0.15, 0.2) is 60.8 Å². The highest BCUT2D eigenvalue weighted by Crippen LogP contribution is 2.36. The lowest BCUT2D eigenvalue weighted by Crippen LogP contribution is -2.24. The minimum absolute atomic E-state index is 0.0878. The molecule has 4 rings (SSSR count). The second kappa shape index (κ2) is 7.74. The van der Waals surface area contributed by atoms with Gasteiger partial charge in [0.25, 0.3) is 0 Å². The van der Waals surface area contributed by atoms with Gasteiger partial charge in [-0.05, 0) is 48.2 Å². The quantitative estimate of drug-likeness (QED) is 0.563. The number of hydrogen-bond acceptors (Lipinski definition) is 3. The van der Waals surface area contributed by atoms with E-state index in [9.17, 15) is 0 Å². The normalized spacial score (nSPS) is 16.0. The molecule has 1 atom stereocenters. The van der Waals surface area contributed by atoms with Gasteiger partial charge >= 0.3 is 0 Å². The molecular formula is C24H23N3O. The summed E-state index contributed by atoms with van der Waals surface area (Å²) in [6.07, 6.45) is 2.83. The predicted molar refractivity (Wildman–Crippen MR) is 113 cm³/mol. The van der Waals surface area contributed by atoms with E-state index in [4.69, 9.17) is 11.3 Å². The molecule has 1 fully saturated rings. The van der Waals surface area contributed by atoms with Gasteiger partial charge in [-0.25, -0.2) is 9.83 Å². The highest BCUT2D eigenvalue weighted by Gasteiger charge is 2.26. The summed E-state index contributed by atoms with van der Waals surface area (Å²) in [5, 5.41) is 0. The van der Waals surface area contributed by atoms with E-state index in [1.54, 1.807) is 0 Å². The summed E-state index contributed by atoms with van der Waals surface area (Å²) in [5.74, 6) is 0.665. The molecule has 0 N–H and O–H groups in total. The van der Waals surface area contributed by atoms with Crippen LogP contribution < -0.4 is 9.64 Å². The summed E-state index contributed by atoms with van der Waals surface area (Å²) < 4.78 is 6.03. The standard InChI is InChI=1S/C24H23N3O/c1-17-8-11-24(26-15-17)28-20-12-13-27(16-20)23-10-9-19(14-22(23)25-3)21-7-5-4-6-18(21)2/h4-11,14-15,20H,12-13,16H2,1-2H3/t20-/m0/s1. The third kappa shape index (κ3) is 3.70. The fourth-order valence-electron chi connectivity index (χ4n) is 3.68. The van der Waals surface area contributed by atoms with E-state index in [1.165, 1.54) is 11.1 Å². The van der Waals surface area contributed by atoms with Crippen LogP contribution in [0, 0.1) is 20.4 Å². The van der Waals surface area contributed by atoms with E-state index < -0.39 is 0 Å². The number of aryl methyl sites for hydroxylation is 2. The number of hydrogen-bond donors (Lipinski definition) is 0. The Morgan fingerprint density at radius 3 is 2.71 bits per heavy atom. The molecule has 1 aliphatic rings. The van der Waals surface area contributed by atoms with Crippen molar-refractivity contribution in [2.24, 2.45) is 0 Å². The molecule has 28 heavy (non-hydrogen) atoms. The van der Waals surface area contributed by atoms with Crippen LogP contribution in [0.2, 0.25) is 0 Å². The van der Waals surface area contributed by atoms with Gasteiger partial charge in [-0.2, -0.15) is 0 Å². The number of anilines is 1. The number of ether oxygens (including phenoxy) is 1. The molecule has 1 saturated heterocycles. The average Bonchev–Trinajstić information content (AvgIpc) is 3.18. The third-order valence-electron chi connectivity index (χ3n) is 5.21. The minimum atomic E-state index is 0.0878. The molecule has 1 aliphatic heterocycles. The Morgan fingerprint density at radius 1 is 1.11 bits per heavy atom. The molecule has 0 bridgehead atoms. The summed E-state index contributed by atoms with van der Waals surface area (Å²) in [5.41, 5.74) is 6.27. The van der Waals surface area contributed by atoms with Crippen LogP contribution in [0.1, 0.15) is 17.5 Å². The van der Waals surface area contributed by atoms with Crippen molar-refractivity contribution in [3.05, 3.63) is 83.3 Å². The van der Waals surface area contributed by atoms with Gasteiger partial charge in [-0.15, -0.1) is 0 Å². The SMILES string of the molecule is [C-]#[N+]c1cc(-c2ccccc2C)ccc1N1CC[C@H](Oc2ccc(C)cn2)C1. The van der Waals surface area contributed by atoms with Crippen molar-refractivity contribution in [3.63, 3.8) is 0 Å². The number of nitrogens with zero attached hydrogens (tertiary/aromatic N) is 3. The van der Waals surface area contributed by atoms with E-state index in [2.05, 4.69) is 45.9 Å². The van der Waals surface area contributed by atoms with E-state index in [0.29, 0.717) is 11.6 Å². The summed E-state index contributed by atoms with van der Waals surface area (Å²) >= 11 is 0. The fourth-order valence-corrected chi connectivity index (χ4v) is 3.68. The summed E-state index contributed by atoms with van der Waals surface area (Å²) in [4.78, 5) is 10.4. The van der Waals surface area contributed by atoms with Gasteiger partial charge in [0.1, 0.15) is 6.10 Å². The third-order valence-corrected chi connectivity index (χ3v) is 5.21. The summed E-state index contributed by atoms with van der Waals surface area (Å²) in [7, 11) is 0. The lowest BCUT2D eigenvalue weighted by atomic mass is 9.99. The first-order chi connectivity index (χ1) is 13.6. The summed E-state index contributed by atoms with van der Waals surface area (Å²) in [6.45, 7) is 13.4. The van der Waals surface area contributed by atoms with E-state index in [-0.39, 0.29) is 6.10 Å². The van der Waals surface area contributed by atoms with Gasteiger partial charge in [-0.3, -0.25) is 0 Å². The molecule has 0 spiro atoms. The first-order valence-electron chi connectivity index (χ1n) is 9.56. The lowest BCUT2D eigenvalue weighted by molar-refractivity contribution is 0.216. The molecular weight excluding hydrogens is 346 g/mol. The van der Waals surface area contributed by atoms with Crippen molar-refractivity contribution >= 4 is 11.4 Å². The molecule has 2 aromatic carbocycles. The Labute approximate surface area is 166 Å². The fraction of sp³-hybridized carbons (Fsp3) is 0.250. The Balaban J connectivity index is 1.52. The zero-order valence-electron chi connectivity index (χ0n) is 16.2. The largest absolute Gasteiger partial charge is 0.472 e. The number of benzene rings is 2. The van der Waals surface area contributed by atoms with Crippen LogP contribution in [-0.4, -0.2) is 24.2 Å². The molecule has 0 saturated carbocycles. The maximum atomic E-state index is 7.67. The van der Waals surface area contributed by atoms with Crippen molar-refractivity contribution in [2.75, 3.05) is 18.0 Å². The highest BCUT2D eigenvalue weighted by atomic mass is 16.5. The van der Waals surface area contributed by atoms with Crippen molar-refractivity contribution in [2.45, 2.75) is 26.4 Å². The van der Waals surface area contributed by atoms with Gasteiger partial charge in [0.15, 0.2) is 0 Å². The number of pyridine rings is 1. The zero-order chi connectivity index (χ0) is 19.5. The molecule has 1 aromatic heterocycles. The Kier molecular flexibility index (Phi) is 4.99. The Bertz CT molecular complexity index is 1020. The van der Waals surface area contributed by atoms with Crippen molar-refractivity contribution in [3.8, 4) is 17.0 Å². The molecule has 3 aromatic rings. The first-order valence-corrected chi connectivity index (χ1v) is 9.56. The predicted octanol–water partition coefficient (Wildman–Crippen LogP) is 5.57. The Hall–Kier alpha value is -3.32. The van der Waals surface area contributed by atoms with Crippen LogP contribution >= 0.6 is 0 Å². The molecule has 140 valence electrons. The molecule has 0 unspecified atom stereocenters. The Morgan fingerprint density at radius 2 is 1.96 bits per heavy atom. The topological polar surface area (TPSA) is 29.7 Å². The second-order valence-corrected chi connectivity index (χ2v) is 7.28. The van der Waals surface area contributed by atoms with Crippen LogP contribution in [0.5, 0.6) is 5.88 Å². The second-order valence-electron chi connectivity index (χ2n) is 7.28. The maximum absolute atomic E-state index is 7.67. The van der Waals surface area contributed by atoms with E-state index >= 15 is 0 Å². The molecule has 4 heteroatoms. The van der Waals surface area contributed by atoms with Gasteiger partial charge in [0.2, 0.25) is 11.6 Å². The van der Waals surface area contributed by atoms with Crippen LogP contribution in [-0.2, 0) is 0 Å². The smallest absolute Gasteiger partial charge is 0.213 e. The summed E-state index contributed by atoms with van der Waals surface area (Å²) in [6, 6.07) is 18.4. The first kappa shape index (κ1) is 18.1. The van der Waals surface area contributed by atoms with Gasteiger partial charge in [0, 0.05) is 30.9 Å². The molecule has 0 aliphatic carbocycles. The number of rotatable bonds is 4. The van der Waals surface area contributed by atoms with E-state index in [1.807, 2.05) is 43.5 Å². The highest BCUT2D eigenvalue weighted by molar-refractivity contribution is 5.80. The van der Waals surface area contributed by atoms with E-state index in [0.717, 1.165) is 36.3 Å². The van der Waals surface area contributed by atoms with Crippen LogP contribution in [0.4, 0.5) is 11.4 Å². The van der Waals surface area contributed by atoms with Gasteiger partial charge in [0.05, 0.1) is 13.1 Å². The number of aromatic nitrogens is 1. The monoisotopic (exact) mass is 369 g/mol. The van der Waals surface area contributed by atoms with Crippen molar-refractivity contribution < 1.29 is 4.74 Å². The van der Waals surface area contributed by atoms with Crippen LogP contribution in [0.25, 0.3) is 16.0 Å². The zero-order valence-corrected chi connectivity index (χ0v) is 16.2. The maximum Gasteiger partial charge on any atom is 0.213 e. The molecule has 2 heterocycles. The molecule has 4 nitrogen and oxygen atoms in total. The van der Waals surface area contributed by atoms with Gasteiger partial charge < -0.3 is 9.64 Å². The molecule has 0 radical (unpaired) electrons. The minimum Gasteiger partial charge on any atom is -0.472 e. The van der Waals surface area contributed by atoms with Gasteiger partial charge in [-0.1, -0.05) is 36.4 Å². The van der Waals surface area contributed by atoms with Crippen molar-refractivity contribution in [1.82, 2.24) is 4.98 Å².